The Morgan fingerprint density at radius 1 is 0.383 bits per heavy atom. The minimum absolute atomic E-state index is 0.0145. The maximum absolute atomic E-state index is 13.9. The Hall–Kier alpha value is -1.96. The fourth-order valence-electron chi connectivity index (χ4n) is 11.3. The van der Waals surface area contributed by atoms with E-state index in [9.17, 15) is 19.2 Å². The zero-order valence-electron chi connectivity index (χ0n) is 37.8. The molecule has 0 radical (unpaired) electrons. The molecule has 0 aromatic rings. The molecule has 20 atom stereocenters. The van der Waals surface area contributed by atoms with Crippen LogP contribution in [0.4, 0.5) is 0 Å². The number of fused-ring (bicyclic) bond motifs is 8. The van der Waals surface area contributed by atoms with Gasteiger partial charge in [-0.2, -0.15) is 0 Å². The summed E-state index contributed by atoms with van der Waals surface area (Å²) in [7, 11) is 0. The van der Waals surface area contributed by atoms with Gasteiger partial charge in [0.1, 0.15) is 23.8 Å². The fourth-order valence-corrected chi connectivity index (χ4v) is 11.3. The first-order valence-electron chi connectivity index (χ1n) is 24.0. The summed E-state index contributed by atoms with van der Waals surface area (Å²) in [6.07, 6.45) is 8.73. The van der Waals surface area contributed by atoms with Gasteiger partial charge in [-0.1, -0.05) is 27.7 Å². The van der Waals surface area contributed by atoms with E-state index in [0.29, 0.717) is 38.5 Å². The molecule has 0 amide bonds. The van der Waals surface area contributed by atoms with Crippen LogP contribution in [0.2, 0.25) is 0 Å². The molecule has 8 bridgehead atoms. The predicted octanol–water partition coefficient (Wildman–Crippen LogP) is 7.66. The van der Waals surface area contributed by atoms with Gasteiger partial charge < -0.3 is 37.9 Å². The lowest BCUT2D eigenvalue weighted by molar-refractivity contribution is -0.167. The quantitative estimate of drug-likeness (QED) is 0.257. The topological polar surface area (TPSA) is 142 Å². The zero-order valence-corrected chi connectivity index (χ0v) is 37.8. The largest absolute Gasteiger partial charge is 0.462 e. The summed E-state index contributed by atoms with van der Waals surface area (Å²) in [5.41, 5.74) is 0. The molecule has 0 N–H and O–H groups in total. The highest BCUT2D eigenvalue weighted by Gasteiger charge is 2.45. The molecule has 0 spiro atoms. The molecule has 0 aliphatic carbocycles. The van der Waals surface area contributed by atoms with E-state index in [1.54, 1.807) is 0 Å². The van der Waals surface area contributed by atoms with Crippen LogP contribution in [0.25, 0.3) is 0 Å². The van der Waals surface area contributed by atoms with Crippen LogP contribution in [0, 0.1) is 35.5 Å². The summed E-state index contributed by atoms with van der Waals surface area (Å²) >= 11 is 0. The summed E-state index contributed by atoms with van der Waals surface area (Å²) < 4.78 is 51.4. The lowest BCUT2D eigenvalue weighted by Crippen LogP contribution is -2.39. The van der Waals surface area contributed by atoms with Crippen LogP contribution in [0.5, 0.6) is 0 Å². The minimum atomic E-state index is -0.496. The third-order valence-electron chi connectivity index (χ3n) is 15.8. The van der Waals surface area contributed by atoms with Crippen molar-refractivity contribution in [3.8, 4) is 0 Å². The van der Waals surface area contributed by atoms with Crippen LogP contribution in [0.3, 0.4) is 0 Å². The van der Waals surface area contributed by atoms with Gasteiger partial charge in [-0.3, -0.25) is 19.2 Å². The van der Waals surface area contributed by atoms with Crippen LogP contribution in [-0.2, 0) is 57.1 Å². The zero-order chi connectivity index (χ0) is 42.8. The number of rotatable bonds is 4. The molecule has 340 valence electrons. The van der Waals surface area contributed by atoms with Crippen molar-refractivity contribution in [3.05, 3.63) is 0 Å². The number of esters is 2. The standard InChI is InChI=1S/C48H76O12/c1-25-9-15-41(53-25)29(5)45-23-35-13-17-39(57-35)27(3)37(49)22-34-12-20-44(56-34)32(8)48(52)60-46(30(6)42-16-10-26(2)54-42)24-36-14-18-40(58-36)28(4)38(50)21-33-11-19-43(55-33)31(7)47(51)59-45/h25-36,39-46H,9-24H2,1-8H3/t25-,26-,27-,28+,29+,30+,31+,32+,33-,34-,35+,36-,39-,40-,41-,42-,43-,44+,45+,46+/m1/s1. The van der Waals surface area contributed by atoms with Gasteiger partial charge in [0.2, 0.25) is 0 Å². The molecule has 7 aliphatic heterocycles. The molecule has 7 aliphatic rings. The van der Waals surface area contributed by atoms with Crippen molar-refractivity contribution in [2.45, 2.75) is 244 Å². The van der Waals surface area contributed by atoms with E-state index in [4.69, 9.17) is 37.9 Å². The number of hydrogen-bond donors (Lipinski definition) is 0. The molecule has 0 saturated carbocycles. The Kier molecular flexibility index (Phi) is 15.5. The van der Waals surface area contributed by atoms with E-state index in [1.807, 2.05) is 27.7 Å². The Labute approximate surface area is 358 Å². The third-order valence-corrected chi connectivity index (χ3v) is 15.8. The number of ether oxygens (including phenoxy) is 8. The third kappa shape index (κ3) is 11.0. The average molecular weight is 845 g/mol. The van der Waals surface area contributed by atoms with Gasteiger partial charge in [0.25, 0.3) is 0 Å². The molecule has 0 unspecified atom stereocenters. The number of hydrogen-bond acceptors (Lipinski definition) is 12. The van der Waals surface area contributed by atoms with Crippen molar-refractivity contribution >= 4 is 23.5 Å². The summed E-state index contributed by atoms with van der Waals surface area (Å²) in [5, 5.41) is 0. The number of Topliss-reactive ketones (excluding diaryl/α,β-unsaturated/α-hetero) is 2. The smallest absolute Gasteiger partial charge is 0.311 e. The van der Waals surface area contributed by atoms with Crippen molar-refractivity contribution in [1.82, 2.24) is 0 Å². The second kappa shape index (κ2) is 20.3. The number of carbonyl (C=O) groups is 4. The summed E-state index contributed by atoms with van der Waals surface area (Å²) in [5.74, 6) is -2.07. The summed E-state index contributed by atoms with van der Waals surface area (Å²) in [6.45, 7) is 16.0. The highest BCUT2D eigenvalue weighted by molar-refractivity contribution is 5.82. The lowest BCUT2D eigenvalue weighted by Gasteiger charge is -2.32. The van der Waals surface area contributed by atoms with E-state index in [2.05, 4.69) is 27.7 Å². The second-order valence-corrected chi connectivity index (χ2v) is 20.3. The SMILES string of the molecule is C[C@H]([C@@H]1C[C@H]2CC[C@@H](O2)[C@@H](C)C(=O)C[C@H]2CC[C@@H](O2)[C@H](C)C(=O)O[C@H]([C@@H](C)[C@H]2CC[C@@H](C)O2)C[C@@H]2CC[C@@H](O2)[C@H](C)C(=O)C[C@H]2CC[C@H](O2)[C@H](C)C(=O)O1)[C@H]1CC[C@@H](C)O1. The van der Waals surface area contributed by atoms with Crippen molar-refractivity contribution in [2.75, 3.05) is 0 Å². The van der Waals surface area contributed by atoms with Crippen LogP contribution >= 0.6 is 0 Å². The highest BCUT2D eigenvalue weighted by atomic mass is 16.6. The average Bonchev–Trinajstić information content (AvgIpc) is 4.09. The Morgan fingerprint density at radius 2 is 0.717 bits per heavy atom. The van der Waals surface area contributed by atoms with Crippen molar-refractivity contribution in [2.24, 2.45) is 35.5 Å². The molecule has 7 saturated heterocycles. The molecule has 0 aromatic carbocycles. The Morgan fingerprint density at radius 3 is 1.07 bits per heavy atom. The first-order valence-corrected chi connectivity index (χ1v) is 24.0. The maximum atomic E-state index is 13.9. The number of carbonyl (C=O) groups excluding carboxylic acids is 4. The molecule has 12 heteroatoms. The predicted molar refractivity (Wildman–Crippen MR) is 222 cm³/mol. The normalized spacial score (nSPS) is 46.5. The molecular formula is C48H76O12. The van der Waals surface area contributed by atoms with Gasteiger partial charge in [-0.15, -0.1) is 0 Å². The van der Waals surface area contributed by atoms with Crippen molar-refractivity contribution in [3.63, 3.8) is 0 Å². The van der Waals surface area contributed by atoms with Gasteiger partial charge in [0, 0.05) is 49.4 Å². The highest BCUT2D eigenvalue weighted by Crippen LogP contribution is 2.39. The van der Waals surface area contributed by atoms with E-state index in [-0.39, 0.29) is 133 Å². The van der Waals surface area contributed by atoms with Gasteiger partial charge in [0.05, 0.1) is 85.1 Å². The summed E-state index contributed by atoms with van der Waals surface area (Å²) in [6, 6.07) is 0. The van der Waals surface area contributed by atoms with Gasteiger partial charge in [-0.25, -0.2) is 0 Å². The maximum Gasteiger partial charge on any atom is 0.311 e. The van der Waals surface area contributed by atoms with Crippen LogP contribution in [0.15, 0.2) is 0 Å². The first-order chi connectivity index (χ1) is 28.6. The first kappa shape index (κ1) is 46.0. The van der Waals surface area contributed by atoms with Crippen molar-refractivity contribution < 1.29 is 57.1 Å². The monoisotopic (exact) mass is 845 g/mol. The van der Waals surface area contributed by atoms with Crippen molar-refractivity contribution in [1.29, 1.82) is 0 Å². The molecule has 7 heterocycles. The van der Waals surface area contributed by atoms with Gasteiger partial charge in [0.15, 0.2) is 0 Å². The van der Waals surface area contributed by atoms with Gasteiger partial charge >= 0.3 is 11.9 Å². The lowest BCUT2D eigenvalue weighted by atomic mass is 9.90. The second-order valence-electron chi connectivity index (χ2n) is 20.3. The molecule has 60 heavy (non-hydrogen) atoms. The van der Waals surface area contributed by atoms with Crippen LogP contribution in [0.1, 0.15) is 158 Å². The van der Waals surface area contributed by atoms with E-state index >= 15 is 0 Å². The molecule has 7 fully saturated rings. The molecule has 12 nitrogen and oxygen atoms in total. The molecular weight excluding hydrogens is 769 g/mol. The van der Waals surface area contributed by atoms with Gasteiger partial charge in [-0.05, 0) is 105 Å². The van der Waals surface area contributed by atoms with E-state index in [0.717, 1.165) is 51.4 Å². The number of cyclic esters (lactones) is 2. The van der Waals surface area contributed by atoms with Crippen LogP contribution in [-0.4, -0.2) is 109 Å². The Balaban J connectivity index is 1.06. The fraction of sp³-hybridized carbons (Fsp3) is 0.917. The molecule has 7 rings (SSSR count). The number of ketones is 2. The van der Waals surface area contributed by atoms with E-state index in [1.165, 1.54) is 0 Å². The Bertz CT molecular complexity index is 1380. The minimum Gasteiger partial charge on any atom is -0.462 e. The molecule has 0 aromatic heterocycles. The van der Waals surface area contributed by atoms with E-state index < -0.39 is 24.0 Å². The summed E-state index contributed by atoms with van der Waals surface area (Å²) in [4.78, 5) is 55.3. The van der Waals surface area contributed by atoms with Crippen LogP contribution < -0.4 is 0 Å².